The number of benzene rings is 1. The minimum Gasteiger partial charge on any atom is -1.00 e. The predicted octanol–water partition coefficient (Wildman–Crippen LogP) is -0.421. The van der Waals surface area contributed by atoms with Gasteiger partial charge in [-0.05, 0) is 43.2 Å². The van der Waals surface area contributed by atoms with Gasteiger partial charge < -0.3 is 22.7 Å². The van der Waals surface area contributed by atoms with Crippen molar-refractivity contribution in [1.82, 2.24) is 9.99 Å². The molecule has 8 heteroatoms. The lowest BCUT2D eigenvalue weighted by Crippen LogP contribution is -3.00. The lowest BCUT2D eigenvalue weighted by Gasteiger charge is -2.00. The van der Waals surface area contributed by atoms with Gasteiger partial charge in [-0.15, -0.1) is 17.0 Å². The van der Waals surface area contributed by atoms with Gasteiger partial charge in [-0.3, -0.25) is 4.99 Å². The molecule has 0 bridgehead atoms. The van der Waals surface area contributed by atoms with Gasteiger partial charge in [-0.2, -0.15) is 5.10 Å². The smallest absolute Gasteiger partial charge is 0.286 e. The second-order valence-electron chi connectivity index (χ2n) is 5.89. The maximum Gasteiger partial charge on any atom is 0.286 e. The Labute approximate surface area is 180 Å². The highest BCUT2D eigenvalue weighted by atomic mass is 79.9. The number of aliphatic imine (C=N–C) groups is 1. The zero-order chi connectivity index (χ0) is 17.8. The van der Waals surface area contributed by atoms with Crippen molar-refractivity contribution in [2.45, 2.75) is 13.8 Å². The normalized spacial score (nSPS) is 11.3. The maximum absolute atomic E-state index is 5.63. The average Bonchev–Trinajstić information content (AvgIpc) is 2.92. The van der Waals surface area contributed by atoms with Gasteiger partial charge in [0.25, 0.3) is 5.65 Å². The molecule has 6 nitrogen and oxygen atoms in total. The Morgan fingerprint density at radius 3 is 2.63 bits per heavy atom. The molecule has 0 aliphatic carbocycles. The maximum atomic E-state index is 5.63. The van der Waals surface area contributed by atoms with Crippen molar-refractivity contribution in [3.05, 3.63) is 59.9 Å². The fraction of sp³-hybridized carbons (Fsp3) is 0.211. The molecule has 144 valence electrons. The molecule has 0 fully saturated rings. The molecule has 0 radical (unpaired) electrons. The lowest BCUT2D eigenvalue weighted by atomic mass is 10.1. The van der Waals surface area contributed by atoms with Crippen LogP contribution < -0.4 is 32.5 Å². The summed E-state index contributed by atoms with van der Waals surface area (Å²) in [7, 11) is 2.08. The van der Waals surface area contributed by atoms with Crippen molar-refractivity contribution < 1.29 is 21.4 Å². The van der Waals surface area contributed by atoms with E-state index in [0.29, 0.717) is 12.5 Å². The van der Waals surface area contributed by atoms with E-state index in [2.05, 4.69) is 75.1 Å². The summed E-state index contributed by atoms with van der Waals surface area (Å²) >= 11 is 0. The van der Waals surface area contributed by atoms with Gasteiger partial charge in [0.2, 0.25) is 5.96 Å². The Bertz CT molecular complexity index is 945. The first kappa shape index (κ1) is 22.9. The minimum atomic E-state index is 0. The monoisotopic (exact) mass is 494 g/mol. The van der Waals surface area contributed by atoms with E-state index in [4.69, 9.17) is 5.73 Å². The van der Waals surface area contributed by atoms with Crippen LogP contribution in [0.15, 0.2) is 58.9 Å². The zero-order valence-electron chi connectivity index (χ0n) is 15.6. The van der Waals surface area contributed by atoms with Crippen molar-refractivity contribution in [3.8, 4) is 11.3 Å². The van der Waals surface area contributed by atoms with Crippen LogP contribution in [-0.2, 0) is 7.05 Å². The molecule has 0 aliphatic rings. The number of pyridine rings is 1. The first-order chi connectivity index (χ1) is 12.1. The number of guanidine groups is 1. The van der Waals surface area contributed by atoms with Crippen LogP contribution in [0, 0.1) is 6.92 Å². The van der Waals surface area contributed by atoms with Gasteiger partial charge in [0.15, 0.2) is 5.69 Å². The van der Waals surface area contributed by atoms with E-state index in [9.17, 15) is 0 Å². The topological polar surface area (TPSA) is 71.8 Å². The van der Waals surface area contributed by atoms with E-state index in [0.717, 1.165) is 22.5 Å². The van der Waals surface area contributed by atoms with Gasteiger partial charge in [0.05, 0.1) is 19.5 Å². The molecule has 0 saturated carbocycles. The molecular formula is C19H24Br2N6. The van der Waals surface area contributed by atoms with Gasteiger partial charge >= 0.3 is 0 Å². The molecule has 0 spiro atoms. The molecular weight excluding hydrogens is 472 g/mol. The second kappa shape index (κ2) is 10.2. The summed E-state index contributed by atoms with van der Waals surface area (Å²) < 4.78 is 4.33. The molecule has 0 amide bonds. The van der Waals surface area contributed by atoms with Crippen LogP contribution in [0.25, 0.3) is 16.9 Å². The number of rotatable bonds is 4. The molecule has 2 heterocycles. The second-order valence-corrected chi connectivity index (χ2v) is 5.89. The standard InChI is InChI=1S/C19H23N6.2BrH/c1-4-21-19(20)23-22-12-15-5-7-16(8-6-15)17-13-25-10-9-14(2)11-18(25)24(17)3;;/h5-13H,4H2,1-3H3,(H3,20,21,23);2*1H/q+1;;/p-1/b22-12+;;. The van der Waals surface area contributed by atoms with E-state index in [1.807, 2.05) is 19.1 Å². The summed E-state index contributed by atoms with van der Waals surface area (Å²) in [5.41, 5.74) is 14.0. The summed E-state index contributed by atoms with van der Waals surface area (Å²) in [5, 5.41) is 4.08. The summed E-state index contributed by atoms with van der Waals surface area (Å²) in [6.07, 6.45) is 5.95. The van der Waals surface area contributed by atoms with E-state index in [1.54, 1.807) is 6.21 Å². The SMILES string of the molecule is Br.CCN=C(N)N/N=C/c1ccc(-c2c[n+]3ccc(C)cc3n2C)cc1.[Br-]. The summed E-state index contributed by atoms with van der Waals surface area (Å²) in [4.78, 5) is 4.01. The largest absolute Gasteiger partial charge is 1.00 e. The van der Waals surface area contributed by atoms with Crippen LogP contribution in [-0.4, -0.2) is 23.3 Å². The van der Waals surface area contributed by atoms with Crippen LogP contribution in [0.2, 0.25) is 0 Å². The minimum absolute atomic E-state index is 0. The number of fused-ring (bicyclic) bond motifs is 1. The number of halogens is 2. The molecule has 0 saturated heterocycles. The fourth-order valence-electron chi connectivity index (χ4n) is 2.71. The number of hydrazone groups is 1. The number of nitrogens with two attached hydrogens (primary N) is 1. The Balaban J connectivity index is 0.00000182. The number of nitrogens with zero attached hydrogens (tertiary/aromatic N) is 4. The molecule has 0 aliphatic heterocycles. The lowest BCUT2D eigenvalue weighted by molar-refractivity contribution is -0.510. The van der Waals surface area contributed by atoms with Crippen molar-refractivity contribution in [2.75, 3.05) is 6.54 Å². The van der Waals surface area contributed by atoms with Crippen LogP contribution in [0.5, 0.6) is 0 Å². The highest BCUT2D eigenvalue weighted by Crippen LogP contribution is 2.20. The van der Waals surface area contributed by atoms with Crippen LogP contribution in [0.3, 0.4) is 0 Å². The van der Waals surface area contributed by atoms with Gasteiger partial charge in [-0.1, -0.05) is 12.1 Å². The summed E-state index contributed by atoms with van der Waals surface area (Å²) in [5.74, 6) is 0.318. The molecule has 2 aromatic heterocycles. The third-order valence-corrected chi connectivity index (χ3v) is 4.01. The Hall–Kier alpha value is -2.19. The van der Waals surface area contributed by atoms with E-state index in [-0.39, 0.29) is 34.0 Å². The van der Waals surface area contributed by atoms with E-state index in [1.165, 1.54) is 5.56 Å². The predicted molar refractivity (Wildman–Crippen MR) is 112 cm³/mol. The van der Waals surface area contributed by atoms with E-state index < -0.39 is 0 Å². The molecule has 0 unspecified atom stereocenters. The molecule has 1 aromatic carbocycles. The van der Waals surface area contributed by atoms with Gasteiger partial charge in [0.1, 0.15) is 6.20 Å². The van der Waals surface area contributed by atoms with E-state index >= 15 is 0 Å². The quantitative estimate of drug-likeness (QED) is 0.223. The Kier molecular flexibility index (Phi) is 8.65. The van der Waals surface area contributed by atoms with Crippen molar-refractivity contribution in [3.63, 3.8) is 0 Å². The molecule has 27 heavy (non-hydrogen) atoms. The Morgan fingerprint density at radius 1 is 1.26 bits per heavy atom. The van der Waals surface area contributed by atoms with Crippen molar-refractivity contribution in [2.24, 2.45) is 22.9 Å². The first-order valence-electron chi connectivity index (χ1n) is 8.25. The number of nitrogens with one attached hydrogen (secondary N) is 1. The highest BCUT2D eigenvalue weighted by molar-refractivity contribution is 8.93. The summed E-state index contributed by atoms with van der Waals surface area (Å²) in [6, 6.07) is 12.5. The average molecular weight is 496 g/mol. The first-order valence-corrected chi connectivity index (χ1v) is 8.25. The molecule has 3 aromatic rings. The fourth-order valence-corrected chi connectivity index (χ4v) is 2.71. The number of hydrogen-bond acceptors (Lipinski definition) is 2. The molecule has 3 N–H and O–H groups in total. The number of aromatic nitrogens is 2. The Morgan fingerprint density at radius 2 is 1.96 bits per heavy atom. The van der Waals surface area contributed by atoms with Crippen LogP contribution in [0.4, 0.5) is 0 Å². The highest BCUT2D eigenvalue weighted by Gasteiger charge is 2.15. The third kappa shape index (κ3) is 5.40. The zero-order valence-corrected chi connectivity index (χ0v) is 18.9. The van der Waals surface area contributed by atoms with Crippen molar-refractivity contribution >= 4 is 34.8 Å². The van der Waals surface area contributed by atoms with Crippen LogP contribution >= 0.6 is 17.0 Å². The van der Waals surface area contributed by atoms with Gasteiger partial charge in [0, 0.05) is 18.2 Å². The number of aryl methyl sites for hydroxylation is 2. The molecule has 3 rings (SSSR count). The summed E-state index contributed by atoms with van der Waals surface area (Å²) in [6.45, 7) is 4.65. The number of hydrogen-bond donors (Lipinski definition) is 2. The number of imidazole rings is 1. The van der Waals surface area contributed by atoms with Crippen LogP contribution in [0.1, 0.15) is 18.1 Å². The van der Waals surface area contributed by atoms with Crippen molar-refractivity contribution in [1.29, 1.82) is 0 Å². The molecule has 0 atom stereocenters. The third-order valence-electron chi connectivity index (χ3n) is 4.01. The van der Waals surface area contributed by atoms with Gasteiger partial charge in [-0.25, -0.2) is 14.4 Å².